The summed E-state index contributed by atoms with van der Waals surface area (Å²) in [5.74, 6) is 0.945. The quantitative estimate of drug-likeness (QED) is 0.708. The second-order valence-electron chi connectivity index (χ2n) is 8.47. The van der Waals surface area contributed by atoms with Gasteiger partial charge in [0.05, 0.1) is 17.6 Å². The molecule has 2 aliphatic heterocycles. The van der Waals surface area contributed by atoms with Crippen molar-refractivity contribution in [1.82, 2.24) is 19.4 Å². The zero-order valence-corrected chi connectivity index (χ0v) is 17.9. The number of rotatable bonds is 4. The Balaban J connectivity index is 1.27. The highest BCUT2D eigenvalue weighted by Crippen LogP contribution is 2.27. The second kappa shape index (κ2) is 7.72. The van der Waals surface area contributed by atoms with Crippen molar-refractivity contribution in [3.05, 3.63) is 59.9 Å². The lowest BCUT2D eigenvalue weighted by atomic mass is 10.1. The molecule has 0 spiro atoms. The number of aryl methyl sites for hydroxylation is 1. The van der Waals surface area contributed by atoms with E-state index in [1.807, 2.05) is 61.3 Å². The lowest BCUT2D eigenvalue weighted by molar-refractivity contribution is -0.141. The predicted octanol–water partition coefficient (Wildman–Crippen LogP) is 3.02. The largest absolute Gasteiger partial charge is 0.378 e. The molecule has 2 aromatic carbocycles. The van der Waals surface area contributed by atoms with Crippen LogP contribution in [0.5, 0.6) is 0 Å². The molecule has 3 aromatic rings. The molecule has 3 heterocycles. The molecule has 0 radical (unpaired) electrons. The molecule has 7 nitrogen and oxygen atoms in total. The molecule has 2 amide bonds. The fourth-order valence-corrected chi connectivity index (χ4v) is 4.76. The summed E-state index contributed by atoms with van der Waals surface area (Å²) in [5.41, 5.74) is 3.62. The van der Waals surface area contributed by atoms with E-state index in [4.69, 9.17) is 0 Å². The van der Waals surface area contributed by atoms with E-state index in [1.165, 1.54) is 0 Å². The monoisotopic (exact) mass is 417 g/mol. The Bertz CT molecular complexity index is 1140. The Kier molecular flexibility index (Phi) is 4.88. The topological polar surface area (TPSA) is 70.5 Å². The van der Waals surface area contributed by atoms with Gasteiger partial charge >= 0.3 is 0 Å². The van der Waals surface area contributed by atoms with Crippen molar-refractivity contribution in [1.29, 1.82) is 0 Å². The number of benzene rings is 2. The van der Waals surface area contributed by atoms with Gasteiger partial charge in [0.2, 0.25) is 5.91 Å². The van der Waals surface area contributed by atoms with Crippen LogP contribution in [-0.4, -0.2) is 56.3 Å². The zero-order chi connectivity index (χ0) is 21.5. The molecule has 2 fully saturated rings. The van der Waals surface area contributed by atoms with E-state index in [-0.39, 0.29) is 17.9 Å². The first-order valence-electron chi connectivity index (χ1n) is 10.9. The zero-order valence-electron chi connectivity index (χ0n) is 17.9. The van der Waals surface area contributed by atoms with Crippen molar-refractivity contribution in [3.63, 3.8) is 0 Å². The number of carbonyl (C=O) groups is 2. The van der Waals surface area contributed by atoms with Crippen LogP contribution in [-0.2, 0) is 18.4 Å². The van der Waals surface area contributed by atoms with E-state index in [0.717, 1.165) is 41.9 Å². The van der Waals surface area contributed by atoms with E-state index in [2.05, 4.69) is 20.9 Å². The number of anilines is 1. The fourth-order valence-electron chi connectivity index (χ4n) is 4.76. The molecule has 2 atom stereocenters. The third kappa shape index (κ3) is 3.44. The number of aromatic nitrogens is 2. The maximum atomic E-state index is 13.1. The molecular weight excluding hydrogens is 390 g/mol. The average molecular weight is 418 g/mol. The van der Waals surface area contributed by atoms with Crippen LogP contribution in [0.25, 0.3) is 11.0 Å². The lowest BCUT2D eigenvalue weighted by Crippen LogP contribution is -2.60. The normalized spacial score (nSPS) is 20.9. The summed E-state index contributed by atoms with van der Waals surface area (Å²) in [5, 5.41) is 3.39. The van der Waals surface area contributed by atoms with Crippen molar-refractivity contribution >= 4 is 28.5 Å². The van der Waals surface area contributed by atoms with Crippen molar-refractivity contribution < 1.29 is 9.59 Å². The summed E-state index contributed by atoms with van der Waals surface area (Å²) in [6, 6.07) is 15.3. The predicted molar refractivity (Wildman–Crippen MR) is 120 cm³/mol. The van der Waals surface area contributed by atoms with E-state index >= 15 is 0 Å². The summed E-state index contributed by atoms with van der Waals surface area (Å²) < 4.78 is 2.08. The molecule has 0 aliphatic carbocycles. The van der Waals surface area contributed by atoms with Crippen molar-refractivity contribution in [2.45, 2.75) is 38.4 Å². The van der Waals surface area contributed by atoms with Gasteiger partial charge in [-0.1, -0.05) is 12.1 Å². The molecule has 0 unspecified atom stereocenters. The van der Waals surface area contributed by atoms with Gasteiger partial charge in [-0.15, -0.1) is 0 Å². The SMILES string of the molecule is C[C@@H]1C(=O)N2CCC[C@H]2CN1C(=O)c1ccc(NCc2nc3ccccc3n2C)cc1. The highest BCUT2D eigenvalue weighted by Gasteiger charge is 2.42. The Hall–Kier alpha value is -3.35. The van der Waals surface area contributed by atoms with E-state index in [0.29, 0.717) is 18.7 Å². The number of piperazine rings is 1. The highest BCUT2D eigenvalue weighted by atomic mass is 16.2. The summed E-state index contributed by atoms with van der Waals surface area (Å²) in [6.45, 7) is 3.87. The van der Waals surface area contributed by atoms with E-state index in [9.17, 15) is 9.59 Å². The number of nitrogens with zero attached hydrogens (tertiary/aromatic N) is 4. The van der Waals surface area contributed by atoms with Gasteiger partial charge in [0.1, 0.15) is 11.9 Å². The molecule has 0 saturated carbocycles. The minimum Gasteiger partial charge on any atom is -0.378 e. The Morgan fingerprint density at radius 1 is 1.16 bits per heavy atom. The van der Waals surface area contributed by atoms with Crippen LogP contribution >= 0.6 is 0 Å². The van der Waals surface area contributed by atoms with Crippen LogP contribution in [0.15, 0.2) is 48.5 Å². The third-order valence-electron chi connectivity index (χ3n) is 6.62. The molecule has 1 N–H and O–H groups in total. The molecule has 31 heavy (non-hydrogen) atoms. The van der Waals surface area contributed by atoms with Crippen molar-refractivity contribution in [3.8, 4) is 0 Å². The number of hydrogen-bond donors (Lipinski definition) is 1. The average Bonchev–Trinajstić information content (AvgIpc) is 3.39. The van der Waals surface area contributed by atoms with E-state index in [1.54, 1.807) is 4.90 Å². The number of hydrogen-bond acceptors (Lipinski definition) is 4. The van der Waals surface area contributed by atoms with Crippen molar-refractivity contribution in [2.75, 3.05) is 18.4 Å². The molecule has 2 saturated heterocycles. The van der Waals surface area contributed by atoms with Crippen LogP contribution in [0.2, 0.25) is 0 Å². The Labute approximate surface area is 181 Å². The van der Waals surface area contributed by atoms with Gasteiger partial charge in [-0.25, -0.2) is 4.98 Å². The first kappa shape index (κ1) is 19.6. The lowest BCUT2D eigenvalue weighted by Gasteiger charge is -2.41. The first-order valence-corrected chi connectivity index (χ1v) is 10.9. The number of fused-ring (bicyclic) bond motifs is 2. The number of amides is 2. The summed E-state index contributed by atoms with van der Waals surface area (Å²) in [6.07, 6.45) is 2.00. The Morgan fingerprint density at radius 3 is 2.71 bits per heavy atom. The molecule has 5 rings (SSSR count). The van der Waals surface area contributed by atoms with Gasteiger partial charge in [0, 0.05) is 37.4 Å². The first-order chi connectivity index (χ1) is 15.0. The van der Waals surface area contributed by atoms with Gasteiger partial charge < -0.3 is 19.7 Å². The van der Waals surface area contributed by atoms with Crippen LogP contribution in [0, 0.1) is 0 Å². The molecule has 7 heteroatoms. The third-order valence-corrected chi connectivity index (χ3v) is 6.62. The van der Waals surface area contributed by atoms with Crippen molar-refractivity contribution in [2.24, 2.45) is 7.05 Å². The second-order valence-corrected chi connectivity index (χ2v) is 8.47. The number of para-hydroxylation sites is 2. The minimum atomic E-state index is -0.405. The summed E-state index contributed by atoms with van der Waals surface area (Å²) in [4.78, 5) is 34.1. The van der Waals surface area contributed by atoms with Crippen LogP contribution in [0.1, 0.15) is 35.9 Å². The molecular formula is C24H27N5O2. The molecule has 2 aliphatic rings. The van der Waals surface area contributed by atoms with Gasteiger partial charge in [-0.05, 0) is 56.2 Å². The van der Waals surface area contributed by atoms with Crippen LogP contribution in [0.3, 0.4) is 0 Å². The van der Waals surface area contributed by atoms with Gasteiger partial charge in [-0.3, -0.25) is 9.59 Å². The maximum Gasteiger partial charge on any atom is 0.254 e. The fraction of sp³-hybridized carbons (Fsp3) is 0.375. The van der Waals surface area contributed by atoms with Crippen LogP contribution in [0.4, 0.5) is 5.69 Å². The van der Waals surface area contributed by atoms with Gasteiger partial charge in [0.25, 0.3) is 5.91 Å². The number of imidazole rings is 1. The molecule has 0 bridgehead atoms. The molecule has 160 valence electrons. The van der Waals surface area contributed by atoms with Crippen LogP contribution < -0.4 is 5.32 Å². The summed E-state index contributed by atoms with van der Waals surface area (Å²) >= 11 is 0. The molecule has 1 aromatic heterocycles. The summed E-state index contributed by atoms with van der Waals surface area (Å²) in [7, 11) is 2.01. The van der Waals surface area contributed by atoms with E-state index < -0.39 is 6.04 Å². The maximum absolute atomic E-state index is 13.1. The number of carbonyl (C=O) groups excluding carboxylic acids is 2. The smallest absolute Gasteiger partial charge is 0.254 e. The Morgan fingerprint density at radius 2 is 1.94 bits per heavy atom. The minimum absolute atomic E-state index is 0.0721. The van der Waals surface area contributed by atoms with Gasteiger partial charge in [-0.2, -0.15) is 0 Å². The standard InChI is InChI=1S/C24H27N5O2/c1-16-23(30)28-13-5-6-19(28)15-29(16)24(31)17-9-11-18(12-10-17)25-14-22-26-20-7-3-4-8-21(20)27(22)2/h3-4,7-12,16,19,25H,5-6,13-15H2,1-2H3/t16-,19+/m1/s1. The number of nitrogens with one attached hydrogen (secondary N) is 1. The van der Waals surface area contributed by atoms with Gasteiger partial charge in [0.15, 0.2) is 0 Å². The highest BCUT2D eigenvalue weighted by molar-refractivity contribution is 5.98.